The summed E-state index contributed by atoms with van der Waals surface area (Å²) in [5.74, 6) is 0. The fourth-order valence-electron chi connectivity index (χ4n) is 3.07. The van der Waals surface area contributed by atoms with E-state index >= 15 is 0 Å². The summed E-state index contributed by atoms with van der Waals surface area (Å²) in [6.07, 6.45) is 3.32. The molecule has 0 fully saturated rings. The Bertz CT molecular complexity index is 938. The minimum Gasteiger partial charge on any atom is -0.374 e. The van der Waals surface area contributed by atoms with Crippen molar-refractivity contribution in [3.8, 4) is 5.69 Å². The van der Waals surface area contributed by atoms with Gasteiger partial charge in [0.1, 0.15) is 12.7 Å². The molecule has 3 aromatic rings. The monoisotopic (exact) mass is 407 g/mol. The molecule has 0 aliphatic heterocycles. The van der Waals surface area contributed by atoms with Gasteiger partial charge in [0.15, 0.2) is 0 Å². The van der Waals surface area contributed by atoms with Crippen LogP contribution in [0, 0.1) is 0 Å². The van der Waals surface area contributed by atoms with Crippen molar-refractivity contribution in [2.24, 2.45) is 0 Å². The van der Waals surface area contributed by atoms with E-state index in [4.69, 9.17) is 4.74 Å². The predicted molar refractivity (Wildman–Crippen MR) is 116 cm³/mol. The fraction of sp³-hybridized carbons (Fsp3) is 0.348. The van der Waals surface area contributed by atoms with Crippen LogP contribution in [0.25, 0.3) is 5.69 Å². The Morgan fingerprint density at radius 2 is 1.80 bits per heavy atom. The maximum Gasteiger partial charge on any atom is 0.317 e. The number of rotatable bonds is 8. The largest absolute Gasteiger partial charge is 0.374 e. The molecule has 158 valence electrons. The summed E-state index contributed by atoms with van der Waals surface area (Å²) in [7, 11) is 1.80. The molecule has 1 heterocycles. The molecule has 0 saturated heterocycles. The Morgan fingerprint density at radius 3 is 2.43 bits per heavy atom. The summed E-state index contributed by atoms with van der Waals surface area (Å²) in [6, 6.07) is 15.8. The lowest BCUT2D eigenvalue weighted by Gasteiger charge is -2.26. The molecule has 1 unspecified atom stereocenters. The average molecular weight is 408 g/mol. The third kappa shape index (κ3) is 5.45. The molecule has 1 atom stereocenters. The van der Waals surface area contributed by atoms with Gasteiger partial charge in [-0.2, -0.15) is 5.10 Å². The highest BCUT2D eigenvalue weighted by atomic mass is 16.5. The first-order valence-corrected chi connectivity index (χ1v) is 10.1. The van der Waals surface area contributed by atoms with Gasteiger partial charge in [0, 0.05) is 13.6 Å². The Labute approximate surface area is 177 Å². The SMILES string of the molecule is CC(C)OCc1ccccc1CNC(=O)N(C)C(C)c1ccc(-n2cncn2)cc1. The summed E-state index contributed by atoms with van der Waals surface area (Å²) in [5.41, 5.74) is 4.12. The Morgan fingerprint density at radius 1 is 1.10 bits per heavy atom. The Kier molecular flexibility index (Phi) is 7.19. The number of nitrogens with one attached hydrogen (secondary N) is 1. The maximum absolute atomic E-state index is 12.7. The van der Waals surface area contributed by atoms with Gasteiger partial charge in [-0.1, -0.05) is 36.4 Å². The molecular weight excluding hydrogens is 378 g/mol. The third-order valence-corrected chi connectivity index (χ3v) is 5.08. The van der Waals surface area contributed by atoms with Crippen LogP contribution in [0.1, 0.15) is 43.5 Å². The van der Waals surface area contributed by atoms with Gasteiger partial charge in [-0.15, -0.1) is 0 Å². The highest BCUT2D eigenvalue weighted by molar-refractivity contribution is 5.74. The molecule has 0 spiro atoms. The van der Waals surface area contributed by atoms with E-state index in [-0.39, 0.29) is 18.2 Å². The normalized spacial score (nSPS) is 12.0. The number of hydrogen-bond donors (Lipinski definition) is 1. The van der Waals surface area contributed by atoms with E-state index < -0.39 is 0 Å². The van der Waals surface area contributed by atoms with Crippen LogP contribution >= 0.6 is 0 Å². The molecule has 2 amide bonds. The minimum atomic E-state index is -0.123. The van der Waals surface area contributed by atoms with E-state index in [9.17, 15) is 4.79 Å². The number of carbonyl (C=O) groups excluding carboxylic acids is 1. The predicted octanol–water partition coefficient (Wildman–Crippen LogP) is 4.09. The topological polar surface area (TPSA) is 72.3 Å². The van der Waals surface area contributed by atoms with Crippen molar-refractivity contribution >= 4 is 6.03 Å². The van der Waals surface area contributed by atoms with E-state index in [1.54, 1.807) is 23.0 Å². The van der Waals surface area contributed by atoms with Crippen molar-refractivity contribution in [2.75, 3.05) is 7.05 Å². The molecule has 0 aliphatic rings. The number of urea groups is 1. The lowest BCUT2D eigenvalue weighted by molar-refractivity contribution is 0.0652. The van der Waals surface area contributed by atoms with Gasteiger partial charge in [0.2, 0.25) is 0 Å². The smallest absolute Gasteiger partial charge is 0.317 e. The fourth-order valence-corrected chi connectivity index (χ4v) is 3.07. The van der Waals surface area contributed by atoms with E-state index in [2.05, 4.69) is 15.4 Å². The number of aromatic nitrogens is 3. The number of benzene rings is 2. The van der Waals surface area contributed by atoms with Crippen LogP contribution in [0.3, 0.4) is 0 Å². The molecule has 30 heavy (non-hydrogen) atoms. The molecule has 1 aromatic heterocycles. The van der Waals surface area contributed by atoms with Crippen LogP contribution in [-0.2, 0) is 17.9 Å². The second-order valence-electron chi connectivity index (χ2n) is 7.51. The molecule has 0 radical (unpaired) electrons. The number of hydrogen-bond acceptors (Lipinski definition) is 4. The Balaban J connectivity index is 1.59. The molecule has 2 aromatic carbocycles. The molecule has 7 nitrogen and oxygen atoms in total. The van der Waals surface area contributed by atoms with Gasteiger partial charge in [-0.3, -0.25) is 0 Å². The van der Waals surface area contributed by atoms with Crippen LogP contribution < -0.4 is 5.32 Å². The number of carbonyl (C=O) groups is 1. The number of nitrogens with zero attached hydrogens (tertiary/aromatic N) is 4. The van der Waals surface area contributed by atoms with Crippen LogP contribution in [-0.4, -0.2) is 38.8 Å². The highest BCUT2D eigenvalue weighted by Crippen LogP contribution is 2.20. The third-order valence-electron chi connectivity index (χ3n) is 5.08. The highest BCUT2D eigenvalue weighted by Gasteiger charge is 2.17. The van der Waals surface area contributed by atoms with Crippen LogP contribution in [0.4, 0.5) is 4.79 Å². The quantitative estimate of drug-likeness (QED) is 0.610. The number of amides is 2. The summed E-state index contributed by atoms with van der Waals surface area (Å²) >= 11 is 0. The molecule has 1 N–H and O–H groups in total. The van der Waals surface area contributed by atoms with Crippen LogP contribution in [0.2, 0.25) is 0 Å². The average Bonchev–Trinajstić information content (AvgIpc) is 3.30. The van der Waals surface area contributed by atoms with E-state index in [1.807, 2.05) is 69.3 Å². The summed E-state index contributed by atoms with van der Waals surface area (Å²) in [5, 5.41) is 7.15. The zero-order chi connectivity index (χ0) is 21.5. The zero-order valence-electron chi connectivity index (χ0n) is 17.9. The first-order valence-electron chi connectivity index (χ1n) is 10.1. The first-order chi connectivity index (χ1) is 14.5. The summed E-state index contributed by atoms with van der Waals surface area (Å²) in [6.45, 7) is 7.03. The second kappa shape index (κ2) is 10.0. The van der Waals surface area contributed by atoms with Gasteiger partial charge in [0.25, 0.3) is 0 Å². The lowest BCUT2D eigenvalue weighted by atomic mass is 10.1. The zero-order valence-corrected chi connectivity index (χ0v) is 17.9. The molecule has 0 bridgehead atoms. The molecule has 0 saturated carbocycles. The van der Waals surface area contributed by atoms with Gasteiger partial charge < -0.3 is 15.0 Å². The van der Waals surface area contributed by atoms with Crippen molar-refractivity contribution < 1.29 is 9.53 Å². The van der Waals surface area contributed by atoms with Gasteiger partial charge in [-0.25, -0.2) is 14.5 Å². The maximum atomic E-state index is 12.7. The van der Waals surface area contributed by atoms with E-state index in [1.165, 1.54) is 6.33 Å². The summed E-state index contributed by atoms with van der Waals surface area (Å²) < 4.78 is 7.42. The second-order valence-corrected chi connectivity index (χ2v) is 7.51. The van der Waals surface area contributed by atoms with Gasteiger partial charge >= 0.3 is 6.03 Å². The van der Waals surface area contributed by atoms with E-state index in [0.717, 1.165) is 22.4 Å². The molecule has 3 rings (SSSR count). The molecule has 0 aliphatic carbocycles. The lowest BCUT2D eigenvalue weighted by Crippen LogP contribution is -2.38. The minimum absolute atomic E-state index is 0.0747. The molecule has 7 heteroatoms. The summed E-state index contributed by atoms with van der Waals surface area (Å²) in [4.78, 5) is 18.4. The van der Waals surface area contributed by atoms with Crippen LogP contribution in [0.5, 0.6) is 0 Å². The van der Waals surface area contributed by atoms with Gasteiger partial charge in [0.05, 0.1) is 24.4 Å². The van der Waals surface area contributed by atoms with E-state index in [0.29, 0.717) is 13.2 Å². The van der Waals surface area contributed by atoms with Crippen molar-refractivity contribution in [3.05, 3.63) is 77.9 Å². The first kappa shape index (κ1) is 21.5. The van der Waals surface area contributed by atoms with Crippen molar-refractivity contribution in [1.29, 1.82) is 0 Å². The number of ether oxygens (including phenoxy) is 1. The molecular formula is C23H29N5O2. The van der Waals surface area contributed by atoms with Gasteiger partial charge in [-0.05, 0) is 49.6 Å². The van der Waals surface area contributed by atoms with Crippen molar-refractivity contribution in [2.45, 2.75) is 46.1 Å². The van der Waals surface area contributed by atoms with Crippen molar-refractivity contribution in [3.63, 3.8) is 0 Å². The standard InChI is InChI=1S/C23H29N5O2/c1-17(2)30-14-21-8-6-5-7-20(21)13-25-23(29)27(4)18(3)19-9-11-22(12-10-19)28-16-24-15-26-28/h5-12,15-18H,13-14H2,1-4H3,(H,25,29). The Hall–Kier alpha value is -3.19. The van der Waals surface area contributed by atoms with Crippen LogP contribution in [0.15, 0.2) is 61.2 Å². The van der Waals surface area contributed by atoms with Crippen molar-refractivity contribution in [1.82, 2.24) is 25.0 Å².